The fourth-order valence-electron chi connectivity index (χ4n) is 10.3. The maximum Gasteiger partial charge on any atom is 0.136 e. The Morgan fingerprint density at radius 2 is 1.04 bits per heavy atom. The fraction of sp³-hybridized carbons (Fsp3) is 0.0909. The Morgan fingerprint density at radius 3 is 1.80 bits per heavy atom. The molecule has 0 bridgehead atoms. The minimum absolute atomic E-state index is 0.131. The van der Waals surface area contributed by atoms with E-state index in [-0.39, 0.29) is 5.41 Å². The van der Waals surface area contributed by atoms with Gasteiger partial charge in [0.25, 0.3) is 0 Å². The summed E-state index contributed by atoms with van der Waals surface area (Å²) in [6, 6.07) is 58.6. The van der Waals surface area contributed by atoms with Gasteiger partial charge in [-0.05, 0) is 142 Å². The smallest absolute Gasteiger partial charge is 0.136 e. The second-order valence-corrected chi connectivity index (χ2v) is 16.3. The van der Waals surface area contributed by atoms with E-state index in [1.165, 1.54) is 109 Å². The molecule has 10 aromatic rings. The van der Waals surface area contributed by atoms with Gasteiger partial charge in [-0.1, -0.05) is 153 Å². The van der Waals surface area contributed by atoms with Crippen molar-refractivity contribution >= 4 is 66.4 Å². The molecular formula is C55H38O. The second-order valence-electron chi connectivity index (χ2n) is 16.3. The highest BCUT2D eigenvalue weighted by Crippen LogP contribution is 2.53. The van der Waals surface area contributed by atoms with Crippen molar-refractivity contribution in [3.63, 3.8) is 0 Å². The number of hydrogen-bond acceptors (Lipinski definition) is 1. The molecule has 0 saturated heterocycles. The van der Waals surface area contributed by atoms with Crippen molar-refractivity contribution in [1.82, 2.24) is 0 Å². The molecule has 0 saturated carbocycles. The van der Waals surface area contributed by atoms with Crippen LogP contribution in [0.4, 0.5) is 0 Å². The molecule has 1 aromatic heterocycles. The van der Waals surface area contributed by atoms with Crippen molar-refractivity contribution in [1.29, 1.82) is 0 Å². The molecule has 0 unspecified atom stereocenters. The molecule has 0 amide bonds. The first kappa shape index (κ1) is 31.6. The van der Waals surface area contributed by atoms with Gasteiger partial charge >= 0.3 is 0 Å². The highest BCUT2D eigenvalue weighted by Gasteiger charge is 2.37. The second kappa shape index (κ2) is 11.7. The number of furan rings is 1. The van der Waals surface area contributed by atoms with E-state index < -0.39 is 0 Å². The summed E-state index contributed by atoms with van der Waals surface area (Å²) >= 11 is 0. The number of fused-ring (bicyclic) bond motifs is 12. The lowest BCUT2D eigenvalue weighted by Gasteiger charge is -2.23. The molecule has 56 heavy (non-hydrogen) atoms. The molecule has 1 heterocycles. The predicted octanol–water partition coefficient (Wildman–Crippen LogP) is 13.7. The Labute approximate surface area is 325 Å². The third-order valence-electron chi connectivity index (χ3n) is 12.8. The third kappa shape index (κ3) is 4.43. The Balaban J connectivity index is 0.975. The fourth-order valence-corrected chi connectivity index (χ4v) is 10.3. The average molecular weight is 715 g/mol. The maximum absolute atomic E-state index is 6.27. The number of benzene rings is 9. The molecule has 0 atom stereocenters. The summed E-state index contributed by atoms with van der Waals surface area (Å²) in [5.74, 6) is 0. The zero-order valence-electron chi connectivity index (χ0n) is 31.5. The van der Waals surface area contributed by atoms with E-state index in [9.17, 15) is 0 Å². The van der Waals surface area contributed by atoms with Crippen LogP contribution in [-0.2, 0) is 5.41 Å². The average Bonchev–Trinajstić information content (AvgIpc) is 3.74. The van der Waals surface area contributed by atoms with Crippen molar-refractivity contribution < 1.29 is 4.42 Å². The lowest BCUT2D eigenvalue weighted by Crippen LogP contribution is -2.31. The Hall–Kier alpha value is -6.70. The molecule has 0 fully saturated rings. The molecule has 9 aromatic carbocycles. The van der Waals surface area contributed by atoms with Crippen LogP contribution in [0.1, 0.15) is 37.8 Å². The van der Waals surface area contributed by atoms with Crippen LogP contribution in [0.3, 0.4) is 0 Å². The van der Waals surface area contributed by atoms with Crippen LogP contribution in [0.15, 0.2) is 162 Å². The van der Waals surface area contributed by atoms with Crippen LogP contribution < -0.4 is 10.4 Å². The molecule has 0 radical (unpaired) electrons. The third-order valence-corrected chi connectivity index (χ3v) is 12.8. The van der Waals surface area contributed by atoms with E-state index in [4.69, 9.17) is 4.42 Å². The maximum atomic E-state index is 6.27. The molecular weight excluding hydrogens is 677 g/mol. The van der Waals surface area contributed by atoms with E-state index in [1.807, 2.05) is 6.07 Å². The Kier molecular flexibility index (Phi) is 6.58. The minimum atomic E-state index is -0.131. The van der Waals surface area contributed by atoms with Gasteiger partial charge in [-0.25, -0.2) is 0 Å². The Bertz CT molecular complexity index is 3430. The molecule has 1 nitrogen and oxygen atoms in total. The highest BCUT2D eigenvalue weighted by atomic mass is 16.3. The van der Waals surface area contributed by atoms with Crippen LogP contribution in [-0.4, -0.2) is 0 Å². The van der Waals surface area contributed by atoms with E-state index in [0.717, 1.165) is 24.0 Å². The molecule has 264 valence electrons. The van der Waals surface area contributed by atoms with Gasteiger partial charge < -0.3 is 4.42 Å². The normalized spacial score (nSPS) is 14.2. The van der Waals surface area contributed by atoms with E-state index >= 15 is 0 Å². The van der Waals surface area contributed by atoms with Crippen molar-refractivity contribution in [3.05, 3.63) is 179 Å². The summed E-state index contributed by atoms with van der Waals surface area (Å²) in [5, 5.41) is 12.8. The molecule has 2 aliphatic carbocycles. The minimum Gasteiger partial charge on any atom is -0.456 e. The first-order valence-corrected chi connectivity index (χ1v) is 19.9. The summed E-state index contributed by atoms with van der Waals surface area (Å²) in [6.45, 7) is 4.76. The summed E-state index contributed by atoms with van der Waals surface area (Å²) in [6.07, 6.45) is 7.06. The molecule has 0 aliphatic heterocycles. The summed E-state index contributed by atoms with van der Waals surface area (Å²) in [7, 11) is 0. The Morgan fingerprint density at radius 1 is 0.429 bits per heavy atom. The van der Waals surface area contributed by atoms with Crippen LogP contribution in [0, 0.1) is 0 Å². The van der Waals surface area contributed by atoms with Crippen molar-refractivity contribution in [2.45, 2.75) is 32.1 Å². The zero-order chi connectivity index (χ0) is 37.1. The quantitative estimate of drug-likeness (QED) is 0.178. The topological polar surface area (TPSA) is 13.1 Å². The summed E-state index contributed by atoms with van der Waals surface area (Å²) in [4.78, 5) is 0. The molecule has 1 heteroatoms. The highest BCUT2D eigenvalue weighted by molar-refractivity contribution is 6.20. The van der Waals surface area contributed by atoms with Crippen molar-refractivity contribution in [3.8, 4) is 44.5 Å². The SMILES string of the molecule is CC1(C)c2ccc(-c3ccc4cc(-c5c6c(c(-c7ccccc7)c7ccccc57)=CCCC=6)ccc4c3)cc2-c2ccc3c(ccc4oc5ccccc5c43)c21. The first-order chi connectivity index (χ1) is 27.5. The largest absolute Gasteiger partial charge is 0.456 e. The van der Waals surface area contributed by atoms with Gasteiger partial charge in [-0.3, -0.25) is 0 Å². The number of hydrogen-bond donors (Lipinski definition) is 0. The van der Waals surface area contributed by atoms with Gasteiger partial charge in [0.15, 0.2) is 0 Å². The lowest BCUT2D eigenvalue weighted by molar-refractivity contribution is 0.665. The standard InChI is InChI=1S/C55H38O/c1-55(2)48-28-24-37(32-47(48)45-26-25-43-44(54(45)55)27-29-50-53(43)46-18-10-11-19-49(46)56-50)35-20-21-36-31-38(23-22-34(36)30-35)52-41-16-8-6-14-39(41)51(33-12-4-3-5-13-33)40-15-7-9-17-42(40)52/h3-6,8,10-32H,7,9H2,1-2H3. The van der Waals surface area contributed by atoms with Gasteiger partial charge in [-0.15, -0.1) is 0 Å². The number of para-hydroxylation sites is 1. The van der Waals surface area contributed by atoms with Crippen LogP contribution in [0.2, 0.25) is 0 Å². The summed E-state index contributed by atoms with van der Waals surface area (Å²) in [5.41, 5.74) is 14.9. The van der Waals surface area contributed by atoms with Crippen LogP contribution in [0.25, 0.3) is 111 Å². The zero-order valence-corrected chi connectivity index (χ0v) is 31.5. The van der Waals surface area contributed by atoms with E-state index in [0.29, 0.717) is 0 Å². The monoisotopic (exact) mass is 714 g/mol. The first-order valence-electron chi connectivity index (χ1n) is 19.9. The van der Waals surface area contributed by atoms with E-state index in [1.54, 1.807) is 0 Å². The van der Waals surface area contributed by atoms with Crippen LogP contribution in [0.5, 0.6) is 0 Å². The molecule has 2 aliphatic rings. The summed E-state index contributed by atoms with van der Waals surface area (Å²) < 4.78 is 6.27. The molecule has 0 N–H and O–H groups in total. The molecule has 12 rings (SSSR count). The van der Waals surface area contributed by atoms with Gasteiger partial charge in [0, 0.05) is 16.2 Å². The lowest BCUT2D eigenvalue weighted by atomic mass is 9.79. The van der Waals surface area contributed by atoms with Gasteiger partial charge in [0.05, 0.1) is 0 Å². The predicted molar refractivity (Wildman–Crippen MR) is 238 cm³/mol. The van der Waals surface area contributed by atoms with E-state index in [2.05, 4.69) is 178 Å². The van der Waals surface area contributed by atoms with Gasteiger partial charge in [-0.2, -0.15) is 0 Å². The molecule has 0 spiro atoms. The van der Waals surface area contributed by atoms with Gasteiger partial charge in [0.2, 0.25) is 0 Å². The van der Waals surface area contributed by atoms with Crippen LogP contribution >= 0.6 is 0 Å². The number of rotatable bonds is 3. The van der Waals surface area contributed by atoms with Crippen molar-refractivity contribution in [2.24, 2.45) is 0 Å². The van der Waals surface area contributed by atoms with Crippen molar-refractivity contribution in [2.75, 3.05) is 0 Å². The van der Waals surface area contributed by atoms with Gasteiger partial charge in [0.1, 0.15) is 11.2 Å².